The highest BCUT2D eigenvalue weighted by Crippen LogP contribution is 2.13. The molecule has 0 fully saturated rings. The maximum absolute atomic E-state index is 9.36. The van der Waals surface area contributed by atoms with Gasteiger partial charge in [-0.3, -0.25) is 0 Å². The molecule has 0 bridgehead atoms. The van der Waals surface area contributed by atoms with Crippen molar-refractivity contribution in [3.63, 3.8) is 0 Å². The third-order valence-corrected chi connectivity index (χ3v) is 2.53. The summed E-state index contributed by atoms with van der Waals surface area (Å²) in [5, 5.41) is 10.2. The van der Waals surface area contributed by atoms with Crippen LogP contribution in [0.5, 0.6) is 0 Å². The number of alkyl halides is 1. The largest absolute Gasteiger partial charge is 0.393 e. The number of aliphatic hydroxyl groups is 1. The molecule has 0 aromatic heterocycles. The van der Waals surface area contributed by atoms with E-state index < -0.39 is 0 Å². The van der Waals surface area contributed by atoms with Gasteiger partial charge in [0.05, 0.1) is 6.10 Å². The summed E-state index contributed by atoms with van der Waals surface area (Å²) < 4.78 is 0. The zero-order valence-electron chi connectivity index (χ0n) is 6.26. The van der Waals surface area contributed by atoms with Crippen LogP contribution in [0.25, 0.3) is 0 Å². The van der Waals surface area contributed by atoms with Crippen molar-refractivity contribution in [3.05, 3.63) is 0 Å². The Morgan fingerprint density at radius 1 is 1.33 bits per heavy atom. The van der Waals surface area contributed by atoms with Crippen LogP contribution in [-0.2, 0) is 0 Å². The minimum Gasteiger partial charge on any atom is -0.393 e. The molecule has 0 saturated carbocycles. The van der Waals surface area contributed by atoms with Gasteiger partial charge >= 0.3 is 0 Å². The van der Waals surface area contributed by atoms with Gasteiger partial charge in [0.15, 0.2) is 0 Å². The fourth-order valence-corrected chi connectivity index (χ4v) is 1.13. The van der Waals surface area contributed by atoms with E-state index in [1.165, 1.54) is 0 Å². The molecule has 0 amide bonds. The zero-order chi connectivity index (χ0) is 7.44. The van der Waals surface area contributed by atoms with Gasteiger partial charge in [0.25, 0.3) is 0 Å². The van der Waals surface area contributed by atoms with E-state index in [9.17, 15) is 5.11 Å². The Hall–Kier alpha value is 0.440. The first-order valence-electron chi connectivity index (χ1n) is 3.33. The van der Waals surface area contributed by atoms with E-state index in [4.69, 9.17) is 0 Å². The molecule has 0 aliphatic heterocycles. The molecule has 0 aromatic carbocycles. The lowest BCUT2D eigenvalue weighted by Gasteiger charge is -2.19. The highest BCUT2D eigenvalue weighted by atomic mass is 79.9. The Morgan fingerprint density at radius 2 is 1.78 bits per heavy atom. The molecule has 0 rings (SSSR count). The maximum atomic E-state index is 9.36. The van der Waals surface area contributed by atoms with Crippen LogP contribution in [-0.4, -0.2) is 16.5 Å². The molecule has 9 heavy (non-hydrogen) atoms. The second-order valence-corrected chi connectivity index (χ2v) is 3.51. The van der Waals surface area contributed by atoms with Crippen LogP contribution in [0.2, 0.25) is 0 Å². The zero-order valence-corrected chi connectivity index (χ0v) is 7.85. The van der Waals surface area contributed by atoms with Crippen molar-refractivity contribution >= 4 is 15.9 Å². The van der Waals surface area contributed by atoms with E-state index in [0.29, 0.717) is 11.8 Å². The van der Waals surface area contributed by atoms with Gasteiger partial charge < -0.3 is 5.11 Å². The molecule has 0 aromatic rings. The Balaban J connectivity index is 3.58. The molecule has 0 saturated heterocycles. The quantitative estimate of drug-likeness (QED) is 0.683. The van der Waals surface area contributed by atoms with Crippen LogP contribution >= 0.6 is 15.9 Å². The lowest BCUT2D eigenvalue weighted by atomic mass is 9.97. The second kappa shape index (κ2) is 4.29. The van der Waals surface area contributed by atoms with E-state index in [2.05, 4.69) is 15.9 Å². The number of aliphatic hydroxyl groups excluding tert-OH is 1. The number of halogens is 1. The lowest BCUT2D eigenvalue weighted by molar-refractivity contribution is 0.0825. The molecule has 56 valence electrons. The molecule has 1 N–H and O–H groups in total. The average Bonchev–Trinajstić information content (AvgIpc) is 1.84. The highest BCUT2D eigenvalue weighted by molar-refractivity contribution is 9.09. The van der Waals surface area contributed by atoms with E-state index in [0.717, 1.165) is 5.33 Å². The molecule has 0 spiro atoms. The highest BCUT2D eigenvalue weighted by Gasteiger charge is 2.15. The Morgan fingerprint density at radius 3 is 1.89 bits per heavy atom. The van der Waals surface area contributed by atoms with Crippen molar-refractivity contribution in [1.29, 1.82) is 0 Å². The Kier molecular flexibility index (Phi) is 4.50. The fourth-order valence-electron chi connectivity index (χ4n) is 0.748. The van der Waals surface area contributed by atoms with Crippen molar-refractivity contribution in [1.82, 2.24) is 0 Å². The van der Waals surface area contributed by atoms with Crippen LogP contribution in [0.3, 0.4) is 0 Å². The first-order chi connectivity index (χ1) is 4.09. The minimum atomic E-state index is -0.163. The molecule has 2 atom stereocenters. The van der Waals surface area contributed by atoms with Crippen LogP contribution < -0.4 is 0 Å². The summed E-state index contributed by atoms with van der Waals surface area (Å²) in [6.45, 7) is 6.10. The topological polar surface area (TPSA) is 20.2 Å². The summed E-state index contributed by atoms with van der Waals surface area (Å²) in [4.78, 5) is 0. The van der Waals surface area contributed by atoms with Crippen LogP contribution in [0, 0.1) is 11.8 Å². The first kappa shape index (κ1) is 9.44. The molecular formula is C7H15BrO. The predicted octanol–water partition coefficient (Wildman–Crippen LogP) is 2.03. The minimum absolute atomic E-state index is 0.163. The summed E-state index contributed by atoms with van der Waals surface area (Å²) >= 11 is 3.32. The van der Waals surface area contributed by atoms with Gasteiger partial charge in [-0.15, -0.1) is 0 Å². The smallest absolute Gasteiger partial charge is 0.0596 e. The second-order valence-electron chi connectivity index (χ2n) is 2.87. The van der Waals surface area contributed by atoms with Crippen molar-refractivity contribution < 1.29 is 5.11 Å². The molecule has 0 aliphatic rings. The maximum Gasteiger partial charge on any atom is 0.0596 e. The van der Waals surface area contributed by atoms with E-state index in [1.807, 2.05) is 20.8 Å². The third kappa shape index (κ3) is 3.21. The van der Waals surface area contributed by atoms with E-state index in [-0.39, 0.29) is 6.10 Å². The van der Waals surface area contributed by atoms with Gasteiger partial charge in [-0.05, 0) is 11.8 Å². The molecule has 1 nitrogen and oxygen atoms in total. The van der Waals surface area contributed by atoms with Gasteiger partial charge in [0, 0.05) is 5.33 Å². The van der Waals surface area contributed by atoms with Gasteiger partial charge in [0.1, 0.15) is 0 Å². The van der Waals surface area contributed by atoms with Crippen molar-refractivity contribution in [2.45, 2.75) is 26.9 Å². The van der Waals surface area contributed by atoms with Crippen LogP contribution in [0.1, 0.15) is 20.8 Å². The molecule has 2 unspecified atom stereocenters. The average molecular weight is 195 g/mol. The monoisotopic (exact) mass is 194 g/mol. The lowest BCUT2D eigenvalue weighted by Crippen LogP contribution is -2.24. The summed E-state index contributed by atoms with van der Waals surface area (Å²) in [5.74, 6) is 0.738. The molecule has 0 aliphatic carbocycles. The van der Waals surface area contributed by atoms with Crippen molar-refractivity contribution in [2.24, 2.45) is 11.8 Å². The summed E-state index contributed by atoms with van der Waals surface area (Å²) in [6, 6.07) is 0. The van der Waals surface area contributed by atoms with Gasteiger partial charge in [-0.25, -0.2) is 0 Å². The van der Waals surface area contributed by atoms with Gasteiger partial charge in [0.2, 0.25) is 0 Å². The van der Waals surface area contributed by atoms with Crippen LogP contribution in [0.15, 0.2) is 0 Å². The molecule has 0 heterocycles. The molecule has 2 heteroatoms. The predicted molar refractivity (Wildman–Crippen MR) is 43.8 cm³/mol. The molecule has 0 radical (unpaired) electrons. The Bertz CT molecular complexity index is 73.3. The first-order valence-corrected chi connectivity index (χ1v) is 4.45. The van der Waals surface area contributed by atoms with E-state index in [1.54, 1.807) is 0 Å². The summed E-state index contributed by atoms with van der Waals surface area (Å²) in [6.07, 6.45) is -0.163. The fraction of sp³-hybridized carbons (Fsp3) is 1.00. The third-order valence-electron chi connectivity index (χ3n) is 1.51. The normalized spacial score (nSPS) is 18.0. The Labute approximate surface area is 65.6 Å². The van der Waals surface area contributed by atoms with Crippen molar-refractivity contribution in [2.75, 3.05) is 5.33 Å². The number of hydrogen-bond acceptors (Lipinski definition) is 1. The van der Waals surface area contributed by atoms with Gasteiger partial charge in [-0.1, -0.05) is 36.7 Å². The standard InChI is InChI=1S/C7H15BrO/c1-5(2)7(9)6(3)4-8/h5-7,9H,4H2,1-3H3. The van der Waals surface area contributed by atoms with Crippen molar-refractivity contribution in [3.8, 4) is 0 Å². The number of rotatable bonds is 3. The number of hydrogen-bond donors (Lipinski definition) is 1. The molecular weight excluding hydrogens is 180 g/mol. The SMILES string of the molecule is CC(C)C(O)C(C)CBr. The van der Waals surface area contributed by atoms with E-state index >= 15 is 0 Å². The van der Waals surface area contributed by atoms with Gasteiger partial charge in [-0.2, -0.15) is 0 Å². The van der Waals surface area contributed by atoms with Crippen LogP contribution in [0.4, 0.5) is 0 Å². The summed E-state index contributed by atoms with van der Waals surface area (Å²) in [7, 11) is 0. The summed E-state index contributed by atoms with van der Waals surface area (Å²) in [5.41, 5.74) is 0.